The van der Waals surface area contributed by atoms with E-state index >= 15 is 0 Å². The van der Waals surface area contributed by atoms with Crippen molar-refractivity contribution < 1.29 is 0 Å². The summed E-state index contributed by atoms with van der Waals surface area (Å²) < 4.78 is 3.41. The van der Waals surface area contributed by atoms with Gasteiger partial charge in [0.25, 0.3) is 0 Å². The fourth-order valence-electron chi connectivity index (χ4n) is 2.37. The third-order valence-electron chi connectivity index (χ3n) is 3.64. The Bertz CT molecular complexity index is 393. The van der Waals surface area contributed by atoms with Crippen LogP contribution in [0.15, 0.2) is 4.60 Å². The van der Waals surface area contributed by atoms with Crippen LogP contribution >= 0.6 is 15.9 Å². The molecule has 4 heteroatoms. The molecule has 1 aliphatic heterocycles. The maximum Gasteiger partial charge on any atom is 0.127 e. The van der Waals surface area contributed by atoms with Crippen LogP contribution in [0.1, 0.15) is 37.2 Å². The molecule has 2 N–H and O–H groups in total. The Morgan fingerprint density at radius 3 is 3.00 bits per heavy atom. The summed E-state index contributed by atoms with van der Waals surface area (Å²) in [6.45, 7) is 1.14. The van der Waals surface area contributed by atoms with Gasteiger partial charge in [0.2, 0.25) is 0 Å². The zero-order valence-corrected chi connectivity index (χ0v) is 10.4. The predicted octanol–water partition coefficient (Wildman–Crippen LogP) is 2.02. The number of halogens is 1. The van der Waals surface area contributed by atoms with E-state index in [1.807, 2.05) is 0 Å². The van der Waals surface area contributed by atoms with Gasteiger partial charge >= 0.3 is 0 Å². The molecule has 2 heterocycles. The Hall–Kier alpha value is -0.350. The van der Waals surface area contributed by atoms with Crippen molar-refractivity contribution in [2.75, 3.05) is 0 Å². The molecule has 3 rings (SSSR count). The van der Waals surface area contributed by atoms with Gasteiger partial charge in [0, 0.05) is 18.5 Å². The van der Waals surface area contributed by atoms with Crippen LogP contribution in [0.5, 0.6) is 0 Å². The van der Waals surface area contributed by atoms with E-state index in [1.54, 1.807) is 0 Å². The maximum atomic E-state index is 6.11. The Kier molecular flexibility index (Phi) is 2.18. The average Bonchev–Trinajstić information content (AvgIpc) is 2.65. The van der Waals surface area contributed by atoms with Gasteiger partial charge in [-0.1, -0.05) is 0 Å². The van der Waals surface area contributed by atoms with Crippen molar-refractivity contribution in [2.45, 2.75) is 50.6 Å². The normalized spacial score (nSPS) is 21.7. The standard InChI is InChI=1S/C11H16BrN3/c12-10-8(3-4-11(13)5-6-11)15-7-1-2-9(15)14-10/h1-7,13H2. The molecule has 1 fully saturated rings. The highest BCUT2D eigenvalue weighted by Crippen LogP contribution is 2.37. The second kappa shape index (κ2) is 3.32. The molecule has 3 nitrogen and oxygen atoms in total. The molecule has 1 aromatic rings. The van der Waals surface area contributed by atoms with Crippen molar-refractivity contribution in [2.24, 2.45) is 5.73 Å². The van der Waals surface area contributed by atoms with Gasteiger partial charge in [0.05, 0.1) is 5.69 Å². The Labute approximate surface area is 98.2 Å². The summed E-state index contributed by atoms with van der Waals surface area (Å²) in [4.78, 5) is 4.55. The van der Waals surface area contributed by atoms with Crippen molar-refractivity contribution in [3.8, 4) is 0 Å². The lowest BCUT2D eigenvalue weighted by Crippen LogP contribution is -2.22. The summed E-state index contributed by atoms with van der Waals surface area (Å²) in [6, 6.07) is 0. The molecule has 2 aliphatic rings. The molecular formula is C11H16BrN3. The van der Waals surface area contributed by atoms with E-state index in [0.717, 1.165) is 30.4 Å². The lowest BCUT2D eigenvalue weighted by Gasteiger charge is -2.09. The number of fused-ring (bicyclic) bond motifs is 1. The van der Waals surface area contributed by atoms with Crippen LogP contribution in [0.25, 0.3) is 0 Å². The number of rotatable bonds is 3. The van der Waals surface area contributed by atoms with Gasteiger partial charge in [-0.15, -0.1) is 0 Å². The van der Waals surface area contributed by atoms with E-state index in [1.165, 1.54) is 30.8 Å². The van der Waals surface area contributed by atoms with Crippen LogP contribution in [0.4, 0.5) is 0 Å². The summed E-state index contributed by atoms with van der Waals surface area (Å²) in [5.41, 5.74) is 7.63. The highest BCUT2D eigenvalue weighted by Gasteiger charge is 2.38. The largest absolute Gasteiger partial charge is 0.331 e. The Morgan fingerprint density at radius 2 is 2.27 bits per heavy atom. The van der Waals surface area contributed by atoms with Crippen LogP contribution in [-0.2, 0) is 19.4 Å². The van der Waals surface area contributed by atoms with E-state index < -0.39 is 0 Å². The third-order valence-corrected chi connectivity index (χ3v) is 4.27. The van der Waals surface area contributed by atoms with Gasteiger partial charge in [-0.2, -0.15) is 0 Å². The molecule has 0 radical (unpaired) electrons. The molecule has 82 valence electrons. The number of aromatic nitrogens is 2. The number of hydrogen-bond acceptors (Lipinski definition) is 2. The molecule has 0 saturated heterocycles. The van der Waals surface area contributed by atoms with E-state index in [-0.39, 0.29) is 5.54 Å². The summed E-state index contributed by atoms with van der Waals surface area (Å²) in [5, 5.41) is 0. The first-order valence-corrected chi connectivity index (χ1v) is 6.50. The molecule has 0 amide bonds. The minimum absolute atomic E-state index is 0.156. The molecule has 1 aromatic heterocycles. The Morgan fingerprint density at radius 1 is 1.47 bits per heavy atom. The average molecular weight is 270 g/mol. The minimum atomic E-state index is 0.156. The maximum absolute atomic E-state index is 6.11. The molecule has 15 heavy (non-hydrogen) atoms. The molecule has 1 saturated carbocycles. The Balaban J connectivity index is 1.78. The summed E-state index contributed by atoms with van der Waals surface area (Å²) >= 11 is 3.56. The van der Waals surface area contributed by atoms with Crippen molar-refractivity contribution in [3.63, 3.8) is 0 Å². The van der Waals surface area contributed by atoms with Crippen LogP contribution in [-0.4, -0.2) is 15.1 Å². The van der Waals surface area contributed by atoms with E-state index in [9.17, 15) is 0 Å². The van der Waals surface area contributed by atoms with Gasteiger partial charge in [0.15, 0.2) is 0 Å². The fraction of sp³-hybridized carbons (Fsp3) is 0.727. The van der Waals surface area contributed by atoms with Crippen molar-refractivity contribution in [1.82, 2.24) is 9.55 Å². The first kappa shape index (κ1) is 9.85. The van der Waals surface area contributed by atoms with Crippen LogP contribution in [0.3, 0.4) is 0 Å². The van der Waals surface area contributed by atoms with Crippen LogP contribution in [0.2, 0.25) is 0 Å². The summed E-state index contributed by atoms with van der Waals surface area (Å²) in [6.07, 6.45) is 6.96. The van der Waals surface area contributed by atoms with Crippen molar-refractivity contribution in [1.29, 1.82) is 0 Å². The first-order chi connectivity index (χ1) is 7.18. The van der Waals surface area contributed by atoms with Gasteiger partial charge in [-0.25, -0.2) is 4.98 Å². The van der Waals surface area contributed by atoms with Gasteiger partial charge in [-0.05, 0) is 48.0 Å². The van der Waals surface area contributed by atoms with Crippen LogP contribution < -0.4 is 5.73 Å². The number of aryl methyl sites for hydroxylation is 1. The first-order valence-electron chi connectivity index (χ1n) is 5.71. The van der Waals surface area contributed by atoms with Crippen molar-refractivity contribution >= 4 is 15.9 Å². The van der Waals surface area contributed by atoms with E-state index in [4.69, 9.17) is 5.73 Å². The molecule has 1 aliphatic carbocycles. The topological polar surface area (TPSA) is 43.8 Å². The fourth-order valence-corrected chi connectivity index (χ4v) is 2.99. The summed E-state index contributed by atoms with van der Waals surface area (Å²) in [5.74, 6) is 1.25. The van der Waals surface area contributed by atoms with Gasteiger partial charge < -0.3 is 10.3 Å². The molecule has 0 spiro atoms. The number of imidazole rings is 1. The molecule has 0 unspecified atom stereocenters. The SMILES string of the molecule is NC1(CCc2c(Br)nc3n2CCC3)CC1. The molecule has 0 atom stereocenters. The molecular weight excluding hydrogens is 254 g/mol. The smallest absolute Gasteiger partial charge is 0.127 e. The zero-order chi connectivity index (χ0) is 10.5. The highest BCUT2D eigenvalue weighted by atomic mass is 79.9. The zero-order valence-electron chi connectivity index (χ0n) is 8.80. The molecule has 0 aromatic carbocycles. The third kappa shape index (κ3) is 1.74. The predicted molar refractivity (Wildman–Crippen MR) is 62.7 cm³/mol. The second-order valence-corrected chi connectivity index (χ2v) is 5.63. The monoisotopic (exact) mass is 269 g/mol. The lowest BCUT2D eigenvalue weighted by atomic mass is 10.1. The minimum Gasteiger partial charge on any atom is -0.331 e. The van der Waals surface area contributed by atoms with Gasteiger partial charge in [-0.3, -0.25) is 0 Å². The highest BCUT2D eigenvalue weighted by molar-refractivity contribution is 9.10. The lowest BCUT2D eigenvalue weighted by molar-refractivity contribution is 0.583. The second-order valence-electron chi connectivity index (χ2n) is 4.88. The number of nitrogens with two attached hydrogens (primary N) is 1. The van der Waals surface area contributed by atoms with E-state index in [0.29, 0.717) is 0 Å². The van der Waals surface area contributed by atoms with Crippen LogP contribution in [0, 0.1) is 0 Å². The summed E-state index contributed by atoms with van der Waals surface area (Å²) in [7, 11) is 0. The number of hydrogen-bond donors (Lipinski definition) is 1. The molecule has 0 bridgehead atoms. The van der Waals surface area contributed by atoms with Crippen molar-refractivity contribution in [3.05, 3.63) is 16.1 Å². The van der Waals surface area contributed by atoms with Gasteiger partial charge in [0.1, 0.15) is 10.4 Å². The van der Waals surface area contributed by atoms with E-state index in [2.05, 4.69) is 25.5 Å². The quantitative estimate of drug-likeness (QED) is 0.913. The number of nitrogens with zero attached hydrogens (tertiary/aromatic N) is 2.